The molecular weight excluding hydrogens is 274 g/mol. The number of Topliss-reactive ketones (excluding diaryl/α,β-unsaturated/α-hetero) is 3. The Bertz CT molecular complexity index is 719. The van der Waals surface area contributed by atoms with Crippen molar-refractivity contribution in [2.75, 3.05) is 0 Å². The van der Waals surface area contributed by atoms with Gasteiger partial charge in [0.05, 0.1) is 4.92 Å². The van der Waals surface area contributed by atoms with E-state index >= 15 is 0 Å². The van der Waals surface area contributed by atoms with Gasteiger partial charge in [-0.3, -0.25) is 24.5 Å². The van der Waals surface area contributed by atoms with Gasteiger partial charge in [0, 0.05) is 23.3 Å². The van der Waals surface area contributed by atoms with Crippen LogP contribution in [0.1, 0.15) is 20.7 Å². The van der Waals surface area contributed by atoms with E-state index in [1.807, 2.05) is 0 Å². The standard InChI is InChI=1S/C15H9NO5/c17-13(10-4-2-1-3-5-10)15(19)14(18)11-6-8-12(9-7-11)16(20)21/h1-9H. The van der Waals surface area contributed by atoms with Crippen LogP contribution in [0.3, 0.4) is 0 Å². The van der Waals surface area contributed by atoms with Crippen LogP contribution < -0.4 is 0 Å². The van der Waals surface area contributed by atoms with Gasteiger partial charge in [-0.05, 0) is 12.1 Å². The third-order valence-electron chi connectivity index (χ3n) is 2.79. The predicted molar refractivity (Wildman–Crippen MR) is 73.2 cm³/mol. The summed E-state index contributed by atoms with van der Waals surface area (Å²) in [5.41, 5.74) is -0.138. The van der Waals surface area contributed by atoms with Crippen LogP contribution in [0.25, 0.3) is 0 Å². The monoisotopic (exact) mass is 283 g/mol. The summed E-state index contributed by atoms with van der Waals surface area (Å²) in [6, 6.07) is 12.2. The first-order valence-electron chi connectivity index (χ1n) is 5.93. The van der Waals surface area contributed by atoms with Gasteiger partial charge in [0.1, 0.15) is 0 Å². The van der Waals surface area contributed by atoms with Crippen molar-refractivity contribution in [1.82, 2.24) is 0 Å². The molecule has 0 spiro atoms. The zero-order valence-corrected chi connectivity index (χ0v) is 10.7. The molecule has 6 nitrogen and oxygen atoms in total. The Morgan fingerprint density at radius 3 is 1.71 bits per heavy atom. The Morgan fingerprint density at radius 2 is 1.24 bits per heavy atom. The van der Waals surface area contributed by atoms with Gasteiger partial charge in [0.15, 0.2) is 0 Å². The molecule has 0 aliphatic carbocycles. The van der Waals surface area contributed by atoms with E-state index in [0.717, 1.165) is 24.3 Å². The fourth-order valence-corrected chi connectivity index (χ4v) is 1.69. The van der Waals surface area contributed by atoms with Crippen LogP contribution >= 0.6 is 0 Å². The largest absolute Gasteiger partial charge is 0.285 e. The molecule has 0 aliphatic heterocycles. The van der Waals surface area contributed by atoms with Gasteiger partial charge in [-0.1, -0.05) is 30.3 Å². The molecule has 0 aliphatic rings. The van der Waals surface area contributed by atoms with E-state index in [2.05, 4.69) is 0 Å². The van der Waals surface area contributed by atoms with Crippen molar-refractivity contribution in [2.45, 2.75) is 0 Å². The van der Waals surface area contributed by atoms with Crippen LogP contribution in [0.2, 0.25) is 0 Å². The van der Waals surface area contributed by atoms with Crippen LogP contribution in [0.15, 0.2) is 54.6 Å². The molecule has 0 saturated heterocycles. The van der Waals surface area contributed by atoms with Crippen molar-refractivity contribution < 1.29 is 19.3 Å². The second-order valence-corrected chi connectivity index (χ2v) is 4.16. The maximum absolute atomic E-state index is 11.9. The first-order chi connectivity index (χ1) is 10.0. The highest BCUT2D eigenvalue weighted by Crippen LogP contribution is 2.13. The molecule has 6 heteroatoms. The van der Waals surface area contributed by atoms with Gasteiger partial charge in [-0.25, -0.2) is 0 Å². The first-order valence-corrected chi connectivity index (χ1v) is 5.93. The molecule has 2 aromatic rings. The number of carbonyl (C=O) groups is 3. The van der Waals surface area contributed by atoms with Crippen LogP contribution in [-0.4, -0.2) is 22.3 Å². The normalized spacial score (nSPS) is 9.90. The summed E-state index contributed by atoms with van der Waals surface area (Å²) in [6.45, 7) is 0. The third kappa shape index (κ3) is 3.06. The third-order valence-corrected chi connectivity index (χ3v) is 2.79. The SMILES string of the molecule is O=C(C(=O)c1ccccc1)C(=O)c1ccc([N+](=O)[O-])cc1. The maximum atomic E-state index is 11.9. The Kier molecular flexibility index (Phi) is 3.99. The number of nitrogens with zero attached hydrogens (tertiary/aromatic N) is 1. The van der Waals surface area contributed by atoms with E-state index < -0.39 is 22.3 Å². The highest BCUT2D eigenvalue weighted by atomic mass is 16.6. The predicted octanol–water partition coefficient (Wildman–Crippen LogP) is 2.23. The lowest BCUT2D eigenvalue weighted by Gasteiger charge is -2.00. The first kappa shape index (κ1) is 14.3. The van der Waals surface area contributed by atoms with E-state index in [4.69, 9.17) is 0 Å². The van der Waals surface area contributed by atoms with E-state index in [0.29, 0.717) is 0 Å². The molecule has 0 N–H and O–H groups in total. The van der Waals surface area contributed by atoms with E-state index in [1.165, 1.54) is 12.1 Å². The minimum atomic E-state index is -1.17. The van der Waals surface area contributed by atoms with E-state index in [1.54, 1.807) is 18.2 Å². The van der Waals surface area contributed by atoms with Gasteiger partial charge in [-0.2, -0.15) is 0 Å². The molecule has 21 heavy (non-hydrogen) atoms. The minimum Gasteiger partial charge on any atom is -0.285 e. The molecule has 104 valence electrons. The molecule has 2 rings (SSSR count). The lowest BCUT2D eigenvalue weighted by Crippen LogP contribution is -2.24. The van der Waals surface area contributed by atoms with Crippen molar-refractivity contribution in [1.29, 1.82) is 0 Å². The summed E-state index contributed by atoms with van der Waals surface area (Å²) in [4.78, 5) is 45.5. The average molecular weight is 283 g/mol. The molecule has 0 saturated carbocycles. The Balaban J connectivity index is 2.21. The van der Waals surface area contributed by atoms with Crippen LogP contribution in [-0.2, 0) is 4.79 Å². The van der Waals surface area contributed by atoms with Crippen molar-refractivity contribution in [3.63, 3.8) is 0 Å². The number of hydrogen-bond acceptors (Lipinski definition) is 5. The van der Waals surface area contributed by atoms with Gasteiger partial charge in [0.25, 0.3) is 11.5 Å². The Hall–Kier alpha value is -3.15. The smallest absolute Gasteiger partial charge is 0.273 e. The molecule has 0 atom stereocenters. The fourth-order valence-electron chi connectivity index (χ4n) is 1.69. The zero-order chi connectivity index (χ0) is 15.4. The van der Waals surface area contributed by atoms with E-state index in [-0.39, 0.29) is 16.8 Å². The zero-order valence-electron chi connectivity index (χ0n) is 10.7. The number of hydrogen-bond donors (Lipinski definition) is 0. The lowest BCUT2D eigenvalue weighted by atomic mass is 10.0. The van der Waals surface area contributed by atoms with Crippen molar-refractivity contribution in [2.24, 2.45) is 0 Å². The van der Waals surface area contributed by atoms with Crippen LogP contribution in [0.5, 0.6) is 0 Å². The highest BCUT2D eigenvalue weighted by molar-refractivity contribution is 6.69. The number of ketones is 3. The molecule has 0 radical (unpaired) electrons. The molecule has 0 bridgehead atoms. The topological polar surface area (TPSA) is 94.3 Å². The van der Waals surface area contributed by atoms with Gasteiger partial charge in [0.2, 0.25) is 11.6 Å². The number of nitro groups is 1. The Morgan fingerprint density at radius 1 is 0.762 bits per heavy atom. The second-order valence-electron chi connectivity index (χ2n) is 4.16. The molecule has 0 amide bonds. The maximum Gasteiger partial charge on any atom is 0.273 e. The summed E-state index contributed by atoms with van der Waals surface area (Å²) in [5, 5.41) is 10.5. The van der Waals surface area contributed by atoms with Gasteiger partial charge >= 0.3 is 0 Å². The second kappa shape index (κ2) is 5.87. The average Bonchev–Trinajstić information content (AvgIpc) is 2.53. The van der Waals surface area contributed by atoms with Crippen molar-refractivity contribution in [3.05, 3.63) is 75.8 Å². The molecular formula is C15H9NO5. The summed E-state index contributed by atoms with van der Waals surface area (Å²) < 4.78 is 0. The van der Waals surface area contributed by atoms with Crippen LogP contribution in [0, 0.1) is 10.1 Å². The van der Waals surface area contributed by atoms with E-state index in [9.17, 15) is 24.5 Å². The summed E-state index contributed by atoms with van der Waals surface area (Å²) in [6.07, 6.45) is 0. The number of nitro benzene ring substituents is 1. The van der Waals surface area contributed by atoms with Gasteiger partial charge in [-0.15, -0.1) is 0 Å². The molecule has 2 aromatic carbocycles. The number of benzene rings is 2. The van der Waals surface area contributed by atoms with Crippen molar-refractivity contribution >= 4 is 23.0 Å². The molecule has 0 heterocycles. The fraction of sp³-hybridized carbons (Fsp3) is 0. The quantitative estimate of drug-likeness (QED) is 0.276. The summed E-state index contributed by atoms with van der Waals surface area (Å²) in [7, 11) is 0. The lowest BCUT2D eigenvalue weighted by molar-refractivity contribution is -0.384. The number of rotatable bonds is 5. The molecule has 0 fully saturated rings. The van der Waals surface area contributed by atoms with Gasteiger partial charge < -0.3 is 0 Å². The molecule has 0 unspecified atom stereocenters. The highest BCUT2D eigenvalue weighted by Gasteiger charge is 2.25. The Labute approximate surface area is 119 Å². The van der Waals surface area contributed by atoms with Crippen LogP contribution in [0.4, 0.5) is 5.69 Å². The summed E-state index contributed by atoms with van der Waals surface area (Å²) >= 11 is 0. The summed E-state index contributed by atoms with van der Waals surface area (Å²) in [5.74, 6) is -3.06. The minimum absolute atomic E-state index is 0.0603. The number of carbonyl (C=O) groups excluding carboxylic acids is 3. The molecule has 0 aromatic heterocycles. The number of non-ortho nitro benzene ring substituents is 1. The van der Waals surface area contributed by atoms with Crippen molar-refractivity contribution in [3.8, 4) is 0 Å².